The van der Waals surface area contributed by atoms with E-state index in [-0.39, 0.29) is 5.97 Å². The fraction of sp³-hybridized carbons (Fsp3) is 0.500. The molecule has 0 N–H and O–H groups in total. The van der Waals surface area contributed by atoms with Crippen molar-refractivity contribution in [1.82, 2.24) is 9.55 Å². The number of pyridine rings is 1. The molecule has 4 nitrogen and oxygen atoms in total. The second-order valence-electron chi connectivity index (χ2n) is 6.62. The van der Waals surface area contributed by atoms with Crippen molar-refractivity contribution in [3.05, 3.63) is 29.0 Å². The van der Waals surface area contributed by atoms with E-state index >= 15 is 0 Å². The van der Waals surface area contributed by atoms with Gasteiger partial charge in [0.1, 0.15) is 16.9 Å². The van der Waals surface area contributed by atoms with Crippen LogP contribution in [0.25, 0.3) is 11.0 Å². The number of nitrogens with zero attached hydrogens (tertiary/aromatic N) is 2. The number of fused-ring (bicyclic) bond motifs is 1. The Morgan fingerprint density at radius 3 is 2.81 bits per heavy atom. The summed E-state index contributed by atoms with van der Waals surface area (Å²) in [7, 11) is 0. The van der Waals surface area contributed by atoms with Gasteiger partial charge in [-0.2, -0.15) is 0 Å². The maximum Gasteiger partial charge on any atom is 0.355 e. The highest BCUT2D eigenvalue weighted by Gasteiger charge is 2.28. The topological polar surface area (TPSA) is 44.1 Å². The van der Waals surface area contributed by atoms with Crippen LogP contribution in [0, 0.1) is 5.92 Å². The second-order valence-corrected chi connectivity index (χ2v) is 7.02. The van der Waals surface area contributed by atoms with Crippen LogP contribution in [-0.2, 0) is 11.3 Å². The third-order valence-electron chi connectivity index (χ3n) is 3.49. The number of rotatable bonds is 3. The van der Waals surface area contributed by atoms with E-state index in [4.69, 9.17) is 16.3 Å². The highest BCUT2D eigenvalue weighted by molar-refractivity contribution is 6.35. The molecular weight excluding hydrogens is 288 g/mol. The largest absolute Gasteiger partial charge is 0.455 e. The Bertz CT molecular complexity index is 696. The molecule has 0 aromatic carbocycles. The van der Waals surface area contributed by atoms with Gasteiger partial charge in [0.25, 0.3) is 0 Å². The molecule has 0 aliphatic heterocycles. The average Bonchev–Trinajstić information content (AvgIpc) is 3.09. The van der Waals surface area contributed by atoms with Crippen molar-refractivity contribution in [1.29, 1.82) is 0 Å². The van der Waals surface area contributed by atoms with E-state index in [1.807, 2.05) is 25.3 Å². The first-order valence-electron chi connectivity index (χ1n) is 7.22. The van der Waals surface area contributed by atoms with Gasteiger partial charge in [-0.25, -0.2) is 9.78 Å². The molecule has 0 amide bonds. The Labute approximate surface area is 129 Å². The van der Waals surface area contributed by atoms with Crippen molar-refractivity contribution in [2.75, 3.05) is 0 Å². The minimum Gasteiger partial charge on any atom is -0.455 e. The molecule has 112 valence electrons. The van der Waals surface area contributed by atoms with E-state index in [0.717, 1.165) is 17.6 Å². The smallest absolute Gasteiger partial charge is 0.355 e. The summed E-state index contributed by atoms with van der Waals surface area (Å²) >= 11 is 6.23. The predicted octanol–water partition coefficient (Wildman–Crippen LogP) is 4.06. The maximum atomic E-state index is 12.5. The van der Waals surface area contributed by atoms with Gasteiger partial charge in [0.15, 0.2) is 0 Å². The van der Waals surface area contributed by atoms with Crippen LogP contribution in [-0.4, -0.2) is 21.1 Å². The van der Waals surface area contributed by atoms with Gasteiger partial charge in [0.2, 0.25) is 0 Å². The third kappa shape index (κ3) is 3.05. The normalized spacial score (nSPS) is 15.4. The fourth-order valence-corrected chi connectivity index (χ4v) is 2.56. The van der Waals surface area contributed by atoms with Crippen LogP contribution in [0.2, 0.25) is 5.02 Å². The SMILES string of the molecule is CC(C)(C)OC(=O)c1cc2c(Cl)ccnc2n1CC1CC1. The molecule has 1 aliphatic rings. The van der Waals surface area contributed by atoms with Crippen molar-refractivity contribution < 1.29 is 9.53 Å². The van der Waals surface area contributed by atoms with E-state index in [1.54, 1.807) is 18.3 Å². The van der Waals surface area contributed by atoms with Crippen molar-refractivity contribution in [2.45, 2.75) is 45.8 Å². The molecular formula is C16H19ClN2O2. The van der Waals surface area contributed by atoms with Gasteiger partial charge in [-0.3, -0.25) is 0 Å². The number of hydrogen-bond acceptors (Lipinski definition) is 3. The number of hydrogen-bond donors (Lipinski definition) is 0. The van der Waals surface area contributed by atoms with Crippen LogP contribution >= 0.6 is 11.6 Å². The van der Waals surface area contributed by atoms with E-state index in [9.17, 15) is 4.79 Å². The number of aromatic nitrogens is 2. The Morgan fingerprint density at radius 1 is 1.48 bits per heavy atom. The lowest BCUT2D eigenvalue weighted by atomic mass is 10.2. The summed E-state index contributed by atoms with van der Waals surface area (Å²) < 4.78 is 7.46. The highest BCUT2D eigenvalue weighted by atomic mass is 35.5. The molecule has 0 radical (unpaired) electrons. The van der Waals surface area contributed by atoms with Gasteiger partial charge in [0, 0.05) is 18.1 Å². The Morgan fingerprint density at radius 2 is 2.19 bits per heavy atom. The zero-order chi connectivity index (χ0) is 15.2. The molecule has 21 heavy (non-hydrogen) atoms. The summed E-state index contributed by atoms with van der Waals surface area (Å²) in [6.07, 6.45) is 4.08. The molecule has 0 saturated heterocycles. The molecule has 1 saturated carbocycles. The average molecular weight is 307 g/mol. The van der Waals surface area contributed by atoms with E-state index in [0.29, 0.717) is 16.6 Å². The van der Waals surface area contributed by atoms with E-state index in [2.05, 4.69) is 4.98 Å². The Kier molecular flexibility index (Phi) is 3.44. The predicted molar refractivity (Wildman–Crippen MR) is 82.6 cm³/mol. The molecule has 1 fully saturated rings. The third-order valence-corrected chi connectivity index (χ3v) is 3.82. The molecule has 0 atom stereocenters. The summed E-state index contributed by atoms with van der Waals surface area (Å²) in [5.41, 5.74) is 0.775. The van der Waals surface area contributed by atoms with E-state index < -0.39 is 5.60 Å². The summed E-state index contributed by atoms with van der Waals surface area (Å²) in [5.74, 6) is 0.305. The van der Waals surface area contributed by atoms with Crippen molar-refractivity contribution in [3.63, 3.8) is 0 Å². The quantitative estimate of drug-likeness (QED) is 0.803. The first-order valence-corrected chi connectivity index (χ1v) is 7.60. The Hall–Kier alpha value is -1.55. The Balaban J connectivity index is 2.07. The van der Waals surface area contributed by atoms with Crippen LogP contribution in [0.15, 0.2) is 18.3 Å². The summed E-state index contributed by atoms with van der Waals surface area (Å²) in [4.78, 5) is 16.8. The second kappa shape index (κ2) is 5.02. The molecule has 0 unspecified atom stereocenters. The zero-order valence-electron chi connectivity index (χ0n) is 12.5. The molecule has 2 aromatic rings. The number of ether oxygens (including phenoxy) is 1. The van der Waals surface area contributed by atoms with Crippen molar-refractivity contribution in [3.8, 4) is 0 Å². The molecule has 1 aliphatic carbocycles. The number of carbonyl (C=O) groups is 1. The van der Waals surface area contributed by atoms with Gasteiger partial charge in [-0.15, -0.1) is 0 Å². The molecule has 0 spiro atoms. The van der Waals surface area contributed by atoms with Crippen LogP contribution in [0.1, 0.15) is 44.1 Å². The number of carbonyl (C=O) groups excluding carboxylic acids is 1. The van der Waals surface area contributed by atoms with Gasteiger partial charge >= 0.3 is 5.97 Å². The van der Waals surface area contributed by atoms with Gasteiger partial charge in [-0.05, 0) is 51.7 Å². The minimum absolute atomic E-state index is 0.322. The van der Waals surface area contributed by atoms with Crippen LogP contribution in [0.4, 0.5) is 0 Å². The molecule has 3 rings (SSSR count). The van der Waals surface area contributed by atoms with Crippen LogP contribution in [0.3, 0.4) is 0 Å². The number of esters is 1. The lowest BCUT2D eigenvalue weighted by Gasteiger charge is -2.20. The first-order chi connectivity index (χ1) is 9.85. The minimum atomic E-state index is -0.519. The molecule has 0 bridgehead atoms. The standard InChI is InChI=1S/C16H19ClN2O2/c1-16(2,3)21-15(20)13-8-11-12(17)6-7-18-14(11)19(13)9-10-4-5-10/h6-8,10H,4-5,9H2,1-3H3. The fourth-order valence-electron chi connectivity index (χ4n) is 2.36. The lowest BCUT2D eigenvalue weighted by Crippen LogP contribution is -2.25. The summed E-state index contributed by atoms with van der Waals surface area (Å²) in [6, 6.07) is 3.53. The van der Waals surface area contributed by atoms with E-state index in [1.165, 1.54) is 12.8 Å². The van der Waals surface area contributed by atoms with Crippen molar-refractivity contribution >= 4 is 28.6 Å². The van der Waals surface area contributed by atoms with Crippen LogP contribution in [0.5, 0.6) is 0 Å². The van der Waals surface area contributed by atoms with Gasteiger partial charge in [0.05, 0.1) is 5.02 Å². The first kappa shape index (κ1) is 14.4. The van der Waals surface area contributed by atoms with Gasteiger partial charge in [-0.1, -0.05) is 11.6 Å². The van der Waals surface area contributed by atoms with Gasteiger partial charge < -0.3 is 9.30 Å². The van der Waals surface area contributed by atoms with Crippen molar-refractivity contribution in [2.24, 2.45) is 5.92 Å². The monoisotopic (exact) mass is 306 g/mol. The molecule has 2 aromatic heterocycles. The molecule has 5 heteroatoms. The van der Waals surface area contributed by atoms with Crippen LogP contribution < -0.4 is 0 Å². The number of halogens is 1. The zero-order valence-corrected chi connectivity index (χ0v) is 13.3. The molecule has 2 heterocycles. The maximum absolute atomic E-state index is 12.5. The lowest BCUT2D eigenvalue weighted by molar-refractivity contribution is 0.00578. The summed E-state index contributed by atoms with van der Waals surface area (Å²) in [6.45, 7) is 6.39. The summed E-state index contributed by atoms with van der Waals surface area (Å²) in [5, 5.41) is 1.42. The highest BCUT2D eigenvalue weighted by Crippen LogP contribution is 2.34.